The van der Waals surface area contributed by atoms with Crippen molar-refractivity contribution in [2.75, 3.05) is 5.32 Å². The van der Waals surface area contributed by atoms with Gasteiger partial charge in [-0.1, -0.05) is 0 Å². The Morgan fingerprint density at radius 3 is 2.53 bits per heavy atom. The quantitative estimate of drug-likeness (QED) is 0.839. The van der Waals surface area contributed by atoms with E-state index in [0.29, 0.717) is 11.3 Å². The van der Waals surface area contributed by atoms with Crippen LogP contribution in [-0.4, -0.2) is 21.7 Å². The lowest BCUT2D eigenvalue weighted by Gasteiger charge is -2.31. The lowest BCUT2D eigenvalue weighted by molar-refractivity contribution is 0.133. The van der Waals surface area contributed by atoms with Crippen molar-refractivity contribution in [1.29, 1.82) is 5.26 Å². The van der Waals surface area contributed by atoms with Crippen molar-refractivity contribution in [2.45, 2.75) is 46.3 Å². The molecule has 0 saturated heterocycles. The number of hydrogen-bond acceptors (Lipinski definition) is 4. The Bertz CT molecular complexity index is 458. The summed E-state index contributed by atoms with van der Waals surface area (Å²) in [6, 6.07) is 3.98. The van der Waals surface area contributed by atoms with Gasteiger partial charge in [-0.2, -0.15) is 5.26 Å². The summed E-state index contributed by atoms with van der Waals surface area (Å²) in [6.45, 7) is 9.20. The molecule has 0 aliphatic carbocycles. The number of anilines is 1. The molecule has 4 nitrogen and oxygen atoms in total. The SMILES string of the molecule is Cc1cc(NC(C)(C)C(C)O)c(C#N)c(C)n1. The van der Waals surface area contributed by atoms with Crippen LogP contribution in [0.15, 0.2) is 6.07 Å². The number of nitrogens with zero attached hydrogens (tertiary/aromatic N) is 2. The average molecular weight is 233 g/mol. The van der Waals surface area contributed by atoms with E-state index in [9.17, 15) is 5.11 Å². The topological polar surface area (TPSA) is 68.9 Å². The summed E-state index contributed by atoms with van der Waals surface area (Å²) in [4.78, 5) is 4.25. The van der Waals surface area contributed by atoms with Crippen LogP contribution in [0.5, 0.6) is 0 Å². The first-order valence-electron chi connectivity index (χ1n) is 5.62. The molecule has 0 amide bonds. The number of nitrogens with one attached hydrogen (secondary N) is 1. The number of hydrogen-bond donors (Lipinski definition) is 2. The van der Waals surface area contributed by atoms with Crippen molar-refractivity contribution < 1.29 is 5.11 Å². The molecule has 0 spiro atoms. The van der Waals surface area contributed by atoms with Gasteiger partial charge >= 0.3 is 0 Å². The molecule has 0 radical (unpaired) electrons. The van der Waals surface area contributed by atoms with E-state index in [0.717, 1.165) is 11.4 Å². The maximum absolute atomic E-state index is 9.68. The predicted octanol–water partition coefficient (Wildman–Crippen LogP) is 2.14. The van der Waals surface area contributed by atoms with Gasteiger partial charge in [0.05, 0.1) is 28.6 Å². The second kappa shape index (κ2) is 4.72. The third kappa shape index (κ3) is 2.95. The molecule has 17 heavy (non-hydrogen) atoms. The third-order valence-corrected chi connectivity index (χ3v) is 2.94. The minimum absolute atomic E-state index is 0.494. The zero-order valence-electron chi connectivity index (χ0n) is 11.0. The molecule has 1 aromatic rings. The molecule has 1 unspecified atom stereocenters. The monoisotopic (exact) mass is 233 g/mol. The first-order valence-corrected chi connectivity index (χ1v) is 5.62. The molecule has 1 aromatic heterocycles. The van der Waals surface area contributed by atoms with Crippen LogP contribution in [0.4, 0.5) is 5.69 Å². The van der Waals surface area contributed by atoms with Crippen LogP contribution in [0.2, 0.25) is 0 Å². The molecule has 0 bridgehead atoms. The van der Waals surface area contributed by atoms with Crippen LogP contribution in [0.1, 0.15) is 37.7 Å². The van der Waals surface area contributed by atoms with Crippen LogP contribution in [0, 0.1) is 25.2 Å². The van der Waals surface area contributed by atoms with Crippen LogP contribution in [0.3, 0.4) is 0 Å². The van der Waals surface area contributed by atoms with Crippen molar-refractivity contribution in [3.05, 3.63) is 23.0 Å². The van der Waals surface area contributed by atoms with Crippen molar-refractivity contribution >= 4 is 5.69 Å². The van der Waals surface area contributed by atoms with E-state index in [1.807, 2.05) is 33.8 Å². The van der Waals surface area contributed by atoms with Crippen molar-refractivity contribution in [1.82, 2.24) is 4.98 Å². The van der Waals surface area contributed by atoms with Crippen LogP contribution >= 0.6 is 0 Å². The lowest BCUT2D eigenvalue weighted by atomic mass is 9.97. The van der Waals surface area contributed by atoms with E-state index in [1.54, 1.807) is 6.92 Å². The average Bonchev–Trinajstić information content (AvgIpc) is 2.15. The van der Waals surface area contributed by atoms with Gasteiger partial charge in [0.25, 0.3) is 0 Å². The summed E-state index contributed by atoms with van der Waals surface area (Å²) < 4.78 is 0. The molecule has 1 rings (SSSR count). The molecule has 2 N–H and O–H groups in total. The molecular weight excluding hydrogens is 214 g/mol. The number of rotatable bonds is 3. The van der Waals surface area contributed by atoms with Gasteiger partial charge in [-0.05, 0) is 40.7 Å². The standard InChI is InChI=1S/C13H19N3O/c1-8-6-12(11(7-14)9(2)15-8)16-13(4,5)10(3)17/h6,10,17H,1-5H3,(H,15,16). The number of aromatic nitrogens is 1. The largest absolute Gasteiger partial charge is 0.391 e. The van der Waals surface area contributed by atoms with Gasteiger partial charge in [-0.25, -0.2) is 0 Å². The van der Waals surface area contributed by atoms with Crippen molar-refractivity contribution in [3.63, 3.8) is 0 Å². The Balaban J connectivity index is 3.19. The zero-order chi connectivity index (χ0) is 13.2. The number of pyridine rings is 1. The van der Waals surface area contributed by atoms with Crippen LogP contribution in [-0.2, 0) is 0 Å². The van der Waals surface area contributed by atoms with E-state index < -0.39 is 11.6 Å². The molecule has 1 heterocycles. The molecule has 0 fully saturated rings. The van der Waals surface area contributed by atoms with Gasteiger partial charge in [0.2, 0.25) is 0 Å². The van der Waals surface area contributed by atoms with Crippen molar-refractivity contribution in [3.8, 4) is 6.07 Å². The summed E-state index contributed by atoms with van der Waals surface area (Å²) in [5.74, 6) is 0. The lowest BCUT2D eigenvalue weighted by Crippen LogP contribution is -2.42. The second-order valence-electron chi connectivity index (χ2n) is 4.91. The predicted molar refractivity (Wildman–Crippen MR) is 67.8 cm³/mol. The van der Waals surface area contributed by atoms with Gasteiger partial charge in [-0.15, -0.1) is 0 Å². The van der Waals surface area contributed by atoms with Gasteiger partial charge < -0.3 is 10.4 Å². The Kier molecular flexibility index (Phi) is 3.74. The minimum Gasteiger partial charge on any atom is -0.391 e. The summed E-state index contributed by atoms with van der Waals surface area (Å²) >= 11 is 0. The first kappa shape index (κ1) is 13.5. The summed E-state index contributed by atoms with van der Waals surface area (Å²) in [6.07, 6.45) is -0.525. The van der Waals surface area contributed by atoms with Crippen LogP contribution < -0.4 is 5.32 Å². The van der Waals surface area contributed by atoms with E-state index in [-0.39, 0.29) is 0 Å². The first-order chi connectivity index (χ1) is 7.77. The fourth-order valence-electron chi connectivity index (χ4n) is 1.52. The smallest absolute Gasteiger partial charge is 0.103 e. The highest BCUT2D eigenvalue weighted by atomic mass is 16.3. The second-order valence-corrected chi connectivity index (χ2v) is 4.91. The number of aryl methyl sites for hydroxylation is 2. The summed E-state index contributed by atoms with van der Waals surface area (Å²) in [5.41, 5.74) is 2.32. The molecule has 0 saturated carbocycles. The molecule has 0 aromatic carbocycles. The van der Waals surface area contributed by atoms with Gasteiger partial charge in [-0.3, -0.25) is 4.98 Å². The molecule has 1 atom stereocenters. The van der Waals surface area contributed by atoms with Crippen molar-refractivity contribution in [2.24, 2.45) is 0 Å². The fraction of sp³-hybridized carbons (Fsp3) is 0.538. The van der Waals surface area contributed by atoms with Gasteiger partial charge in [0.1, 0.15) is 6.07 Å². The molecule has 92 valence electrons. The maximum Gasteiger partial charge on any atom is 0.103 e. The Morgan fingerprint density at radius 2 is 2.06 bits per heavy atom. The van der Waals surface area contributed by atoms with Gasteiger partial charge in [0.15, 0.2) is 0 Å². The molecule has 0 aliphatic heterocycles. The highest BCUT2D eigenvalue weighted by Crippen LogP contribution is 2.24. The van der Waals surface area contributed by atoms with Gasteiger partial charge in [0, 0.05) is 5.69 Å². The molecular formula is C13H19N3O. The highest BCUT2D eigenvalue weighted by molar-refractivity contribution is 5.61. The van der Waals surface area contributed by atoms with E-state index in [2.05, 4.69) is 16.4 Å². The number of aliphatic hydroxyl groups excluding tert-OH is 1. The Morgan fingerprint density at radius 1 is 1.47 bits per heavy atom. The minimum atomic E-state index is -0.525. The molecule has 4 heteroatoms. The third-order valence-electron chi connectivity index (χ3n) is 2.94. The van der Waals surface area contributed by atoms with E-state index in [4.69, 9.17) is 5.26 Å². The molecule has 0 aliphatic rings. The number of aliphatic hydroxyl groups is 1. The normalized spacial score (nSPS) is 13.0. The summed E-state index contributed by atoms with van der Waals surface area (Å²) in [5, 5.41) is 22.0. The van der Waals surface area contributed by atoms with E-state index >= 15 is 0 Å². The zero-order valence-corrected chi connectivity index (χ0v) is 11.0. The Hall–Kier alpha value is -1.60. The fourth-order valence-corrected chi connectivity index (χ4v) is 1.52. The Labute approximate surface area is 102 Å². The van der Waals surface area contributed by atoms with Crippen LogP contribution in [0.25, 0.3) is 0 Å². The maximum atomic E-state index is 9.68. The highest BCUT2D eigenvalue weighted by Gasteiger charge is 2.25. The summed E-state index contributed by atoms with van der Waals surface area (Å²) in [7, 11) is 0. The number of nitriles is 1. The van der Waals surface area contributed by atoms with E-state index in [1.165, 1.54) is 0 Å².